The third-order valence-electron chi connectivity index (χ3n) is 4.30. The molecule has 1 unspecified atom stereocenters. The zero-order chi connectivity index (χ0) is 11.7. The maximum Gasteiger partial charge on any atom is 0.00269 e. The van der Waals surface area contributed by atoms with E-state index in [-0.39, 0.29) is 0 Å². The molecule has 0 spiro atoms. The second-order valence-electron chi connectivity index (χ2n) is 5.37. The number of alkyl halides is 1. The van der Waals surface area contributed by atoms with Gasteiger partial charge in [0.05, 0.1) is 0 Å². The molecule has 16 heavy (non-hydrogen) atoms. The predicted octanol–water partition coefficient (Wildman–Crippen LogP) is 4.98. The average molecular weight is 328 g/mol. The van der Waals surface area contributed by atoms with Crippen molar-refractivity contribution in [1.82, 2.24) is 0 Å². The van der Waals surface area contributed by atoms with Crippen LogP contribution in [-0.4, -0.2) is 4.43 Å². The molecule has 1 heteroatoms. The molecule has 0 amide bonds. The van der Waals surface area contributed by atoms with Crippen LogP contribution in [0.4, 0.5) is 0 Å². The smallest absolute Gasteiger partial charge is 0.00269 e. The minimum Gasteiger partial charge on any atom is -0.0861 e. The van der Waals surface area contributed by atoms with Gasteiger partial charge in [-0.3, -0.25) is 0 Å². The van der Waals surface area contributed by atoms with E-state index < -0.39 is 0 Å². The standard InChI is InChI=1S/C15H21I/c1-10-8-15(11(2)9-16)14-7-5-4-6-13(14)12(10)3/h4-7,10-12,15H,8-9H2,1-3H3/t10-,11-,12-,15?/m0/s1. The lowest BCUT2D eigenvalue weighted by molar-refractivity contribution is 0.332. The Hall–Kier alpha value is -0.0500. The van der Waals surface area contributed by atoms with E-state index in [0.29, 0.717) is 0 Å². The molecule has 0 aliphatic heterocycles. The molecular weight excluding hydrogens is 307 g/mol. The van der Waals surface area contributed by atoms with Gasteiger partial charge < -0.3 is 0 Å². The summed E-state index contributed by atoms with van der Waals surface area (Å²) >= 11 is 2.53. The molecule has 0 radical (unpaired) electrons. The summed E-state index contributed by atoms with van der Waals surface area (Å²) in [5.74, 6) is 3.13. The molecule has 0 bridgehead atoms. The summed E-state index contributed by atoms with van der Waals surface area (Å²) in [7, 11) is 0. The fraction of sp³-hybridized carbons (Fsp3) is 0.600. The Morgan fingerprint density at radius 1 is 1.25 bits per heavy atom. The van der Waals surface area contributed by atoms with Crippen LogP contribution in [0, 0.1) is 11.8 Å². The van der Waals surface area contributed by atoms with E-state index >= 15 is 0 Å². The van der Waals surface area contributed by atoms with Crippen LogP contribution < -0.4 is 0 Å². The van der Waals surface area contributed by atoms with Gasteiger partial charge in [-0.2, -0.15) is 0 Å². The zero-order valence-electron chi connectivity index (χ0n) is 10.4. The third-order valence-corrected chi connectivity index (χ3v) is 5.68. The topological polar surface area (TPSA) is 0 Å². The van der Waals surface area contributed by atoms with Crippen molar-refractivity contribution in [2.75, 3.05) is 4.43 Å². The lowest BCUT2D eigenvalue weighted by Gasteiger charge is -2.37. The molecule has 0 heterocycles. The van der Waals surface area contributed by atoms with Crippen molar-refractivity contribution < 1.29 is 0 Å². The summed E-state index contributed by atoms with van der Waals surface area (Å²) in [5, 5.41) is 0. The molecule has 0 nitrogen and oxygen atoms in total. The van der Waals surface area contributed by atoms with Gasteiger partial charge in [0.25, 0.3) is 0 Å². The zero-order valence-corrected chi connectivity index (χ0v) is 12.6. The highest BCUT2D eigenvalue weighted by atomic mass is 127. The quantitative estimate of drug-likeness (QED) is 0.530. The van der Waals surface area contributed by atoms with Crippen molar-refractivity contribution in [2.24, 2.45) is 11.8 Å². The van der Waals surface area contributed by atoms with Crippen LogP contribution in [-0.2, 0) is 0 Å². The second-order valence-corrected chi connectivity index (χ2v) is 6.25. The van der Waals surface area contributed by atoms with Crippen molar-refractivity contribution in [2.45, 2.75) is 39.0 Å². The van der Waals surface area contributed by atoms with Crippen LogP contribution in [0.25, 0.3) is 0 Å². The van der Waals surface area contributed by atoms with Crippen molar-refractivity contribution in [3.05, 3.63) is 35.4 Å². The Labute approximate surface area is 113 Å². The van der Waals surface area contributed by atoms with Crippen LogP contribution >= 0.6 is 22.6 Å². The third kappa shape index (κ3) is 2.15. The summed E-state index contributed by atoms with van der Waals surface area (Å²) < 4.78 is 1.26. The van der Waals surface area contributed by atoms with Gasteiger partial charge in [-0.05, 0) is 41.2 Å². The molecule has 4 atom stereocenters. The molecule has 88 valence electrons. The Morgan fingerprint density at radius 3 is 2.50 bits per heavy atom. The predicted molar refractivity (Wildman–Crippen MR) is 79.4 cm³/mol. The van der Waals surface area contributed by atoms with E-state index in [9.17, 15) is 0 Å². The second kappa shape index (κ2) is 5.07. The van der Waals surface area contributed by atoms with Crippen LogP contribution in [0.5, 0.6) is 0 Å². The molecule has 1 aliphatic rings. The molecule has 1 aliphatic carbocycles. The first-order valence-corrected chi connectivity index (χ1v) is 7.82. The Kier molecular flexibility index (Phi) is 3.93. The van der Waals surface area contributed by atoms with E-state index in [1.165, 1.54) is 10.8 Å². The van der Waals surface area contributed by atoms with Gasteiger partial charge in [-0.15, -0.1) is 0 Å². The molecule has 0 fully saturated rings. The number of hydrogen-bond acceptors (Lipinski definition) is 0. The Bertz CT molecular complexity index is 358. The lowest BCUT2D eigenvalue weighted by atomic mass is 9.68. The van der Waals surface area contributed by atoms with Crippen LogP contribution in [0.3, 0.4) is 0 Å². The van der Waals surface area contributed by atoms with Gasteiger partial charge in [-0.1, -0.05) is 67.6 Å². The molecule has 0 aromatic heterocycles. The normalized spacial score (nSPS) is 30.9. The highest BCUT2D eigenvalue weighted by Gasteiger charge is 2.31. The molecule has 1 aromatic carbocycles. The molecular formula is C15H21I. The fourth-order valence-corrected chi connectivity index (χ4v) is 3.56. The van der Waals surface area contributed by atoms with Gasteiger partial charge in [0.15, 0.2) is 0 Å². The van der Waals surface area contributed by atoms with E-state index in [2.05, 4.69) is 67.6 Å². The first kappa shape index (κ1) is 12.4. The first-order valence-electron chi connectivity index (χ1n) is 6.30. The monoisotopic (exact) mass is 328 g/mol. The number of hydrogen-bond donors (Lipinski definition) is 0. The van der Waals surface area contributed by atoms with Crippen molar-refractivity contribution in [1.29, 1.82) is 0 Å². The van der Waals surface area contributed by atoms with E-state index in [4.69, 9.17) is 0 Å². The van der Waals surface area contributed by atoms with Gasteiger partial charge in [0.1, 0.15) is 0 Å². The van der Waals surface area contributed by atoms with Gasteiger partial charge in [0.2, 0.25) is 0 Å². The SMILES string of the molecule is C[C@@H]1c2ccccc2C([C@@H](C)CI)C[C@@H]1C. The van der Waals surface area contributed by atoms with Crippen molar-refractivity contribution in [3.63, 3.8) is 0 Å². The van der Waals surface area contributed by atoms with Crippen LogP contribution in [0.15, 0.2) is 24.3 Å². The number of rotatable bonds is 2. The fourth-order valence-electron chi connectivity index (χ4n) is 2.95. The number of halogens is 1. The number of benzene rings is 1. The number of fused-ring (bicyclic) bond motifs is 1. The molecule has 1 aromatic rings. The van der Waals surface area contributed by atoms with Crippen molar-refractivity contribution >= 4 is 22.6 Å². The van der Waals surface area contributed by atoms with Gasteiger partial charge in [-0.25, -0.2) is 0 Å². The van der Waals surface area contributed by atoms with Crippen LogP contribution in [0.1, 0.15) is 50.2 Å². The van der Waals surface area contributed by atoms with Crippen LogP contribution in [0.2, 0.25) is 0 Å². The lowest BCUT2D eigenvalue weighted by Crippen LogP contribution is -2.24. The summed E-state index contributed by atoms with van der Waals surface area (Å²) in [5.41, 5.74) is 3.22. The molecule has 2 rings (SSSR count). The largest absolute Gasteiger partial charge is 0.0861 e. The van der Waals surface area contributed by atoms with E-state index in [1.54, 1.807) is 11.1 Å². The Morgan fingerprint density at radius 2 is 1.88 bits per heavy atom. The first-order chi connectivity index (χ1) is 7.65. The minimum absolute atomic E-state index is 0.730. The van der Waals surface area contributed by atoms with E-state index in [1.807, 2.05) is 0 Å². The molecule has 0 saturated carbocycles. The van der Waals surface area contributed by atoms with E-state index in [0.717, 1.165) is 23.7 Å². The molecule has 0 N–H and O–H groups in total. The summed E-state index contributed by atoms with van der Waals surface area (Å²) in [6.45, 7) is 7.19. The highest BCUT2D eigenvalue weighted by Crippen LogP contribution is 2.45. The van der Waals surface area contributed by atoms with Gasteiger partial charge >= 0.3 is 0 Å². The summed E-state index contributed by atoms with van der Waals surface area (Å²) in [4.78, 5) is 0. The average Bonchev–Trinajstić information content (AvgIpc) is 2.33. The molecule has 0 saturated heterocycles. The minimum atomic E-state index is 0.730. The van der Waals surface area contributed by atoms with Crippen molar-refractivity contribution in [3.8, 4) is 0 Å². The highest BCUT2D eigenvalue weighted by molar-refractivity contribution is 14.1. The van der Waals surface area contributed by atoms with Gasteiger partial charge in [0, 0.05) is 4.43 Å². The summed E-state index contributed by atoms with van der Waals surface area (Å²) in [6, 6.07) is 9.08. The maximum absolute atomic E-state index is 2.53. The Balaban J connectivity index is 2.40. The summed E-state index contributed by atoms with van der Waals surface area (Å²) in [6.07, 6.45) is 1.36. The maximum atomic E-state index is 2.53.